The van der Waals surface area contributed by atoms with Crippen molar-refractivity contribution in [3.8, 4) is 11.1 Å². The minimum Gasteiger partial charge on any atom is -0.444 e. The molecule has 1 fully saturated rings. The normalized spacial score (nSPS) is 14.6. The second kappa shape index (κ2) is 9.96. The molecule has 11 heteroatoms. The molecule has 0 bridgehead atoms. The highest BCUT2D eigenvalue weighted by Crippen LogP contribution is 2.38. The Hall–Kier alpha value is -3.99. The number of aryl methyl sites for hydroxylation is 1. The van der Waals surface area contributed by atoms with Gasteiger partial charge < -0.3 is 14.5 Å². The number of nitrogens with zero attached hydrogens (tertiary/aromatic N) is 5. The first-order chi connectivity index (χ1) is 18.5. The van der Waals surface area contributed by atoms with E-state index in [9.17, 15) is 13.2 Å². The Labute approximate surface area is 226 Å². The minimum atomic E-state index is -4.05. The van der Waals surface area contributed by atoms with Crippen molar-refractivity contribution in [2.45, 2.75) is 38.2 Å². The molecule has 0 aliphatic carbocycles. The number of carbonyl (C=O) groups is 1. The molecular weight excluding hydrogens is 521 g/mol. The Balaban J connectivity index is 1.60. The largest absolute Gasteiger partial charge is 0.444 e. The number of carbonyl (C=O) groups excluding carboxylic acids is 1. The van der Waals surface area contributed by atoms with Crippen molar-refractivity contribution >= 4 is 33.0 Å². The summed E-state index contributed by atoms with van der Waals surface area (Å²) >= 11 is 0. The van der Waals surface area contributed by atoms with E-state index in [0.717, 1.165) is 9.54 Å². The van der Waals surface area contributed by atoms with Gasteiger partial charge in [-0.3, -0.25) is 0 Å². The fourth-order valence-electron chi connectivity index (χ4n) is 4.58. The van der Waals surface area contributed by atoms with Gasteiger partial charge in [0.2, 0.25) is 0 Å². The molecule has 1 aliphatic rings. The molecule has 5 rings (SSSR count). The van der Waals surface area contributed by atoms with Gasteiger partial charge in [0.1, 0.15) is 23.6 Å². The second-order valence-electron chi connectivity index (χ2n) is 10.5. The zero-order chi connectivity index (χ0) is 27.9. The number of anilines is 1. The number of ether oxygens (including phenoxy) is 1. The Morgan fingerprint density at radius 1 is 0.949 bits per heavy atom. The summed E-state index contributed by atoms with van der Waals surface area (Å²) in [6.45, 7) is 8.96. The minimum absolute atomic E-state index is 0.0937. The molecule has 1 amide bonds. The lowest BCUT2D eigenvalue weighted by Crippen LogP contribution is -2.50. The lowest BCUT2D eigenvalue weighted by molar-refractivity contribution is 0.0240. The predicted molar refractivity (Wildman–Crippen MR) is 147 cm³/mol. The van der Waals surface area contributed by atoms with Crippen molar-refractivity contribution in [2.75, 3.05) is 31.1 Å². The number of halogens is 1. The Morgan fingerprint density at radius 3 is 2.26 bits per heavy atom. The van der Waals surface area contributed by atoms with Crippen molar-refractivity contribution in [3.05, 3.63) is 72.4 Å². The van der Waals surface area contributed by atoms with Crippen LogP contribution in [0.25, 0.3) is 22.2 Å². The molecule has 39 heavy (non-hydrogen) atoms. The van der Waals surface area contributed by atoms with Gasteiger partial charge in [0.25, 0.3) is 10.0 Å². The maximum Gasteiger partial charge on any atom is 0.410 e. The quantitative estimate of drug-likeness (QED) is 0.358. The maximum atomic E-state index is 15.1. The number of hydrogen-bond acceptors (Lipinski definition) is 7. The molecule has 0 unspecified atom stereocenters. The topological polar surface area (TPSA) is 97.6 Å². The van der Waals surface area contributed by atoms with E-state index >= 15 is 4.39 Å². The van der Waals surface area contributed by atoms with Gasteiger partial charge in [-0.25, -0.2) is 31.5 Å². The summed E-state index contributed by atoms with van der Waals surface area (Å²) in [6, 6.07) is 12.7. The maximum absolute atomic E-state index is 15.1. The number of rotatable bonds is 4. The van der Waals surface area contributed by atoms with Crippen LogP contribution in [0.3, 0.4) is 0 Å². The number of benzene rings is 2. The molecule has 4 aromatic rings. The molecule has 3 heterocycles. The molecule has 0 N–H and O–H groups in total. The smallest absolute Gasteiger partial charge is 0.410 e. The average Bonchev–Trinajstić information content (AvgIpc) is 3.29. The highest BCUT2D eigenvalue weighted by Gasteiger charge is 2.30. The summed E-state index contributed by atoms with van der Waals surface area (Å²) in [4.78, 5) is 25.1. The first kappa shape index (κ1) is 26.6. The third-order valence-electron chi connectivity index (χ3n) is 6.50. The van der Waals surface area contributed by atoms with Gasteiger partial charge in [-0.2, -0.15) is 0 Å². The summed E-state index contributed by atoms with van der Waals surface area (Å²) in [5, 5.41) is 0.420. The molecule has 0 atom stereocenters. The van der Waals surface area contributed by atoms with Gasteiger partial charge in [0.05, 0.1) is 10.3 Å². The summed E-state index contributed by atoms with van der Waals surface area (Å²) in [6.07, 6.45) is 2.33. The standard InChI is InChI=1S/C28H30FN5O4S/c1-19-9-11-20(12-10-19)39(36,37)34-17-22(21-7-5-6-8-23(21)29)24-25(30-18-31-26(24)34)32-13-15-33(16-14-32)27(35)38-28(2,3)4/h5-12,17-18H,13-16H2,1-4H3. The van der Waals surface area contributed by atoms with Crippen molar-refractivity contribution in [1.29, 1.82) is 0 Å². The van der Waals surface area contributed by atoms with Crippen molar-refractivity contribution in [3.63, 3.8) is 0 Å². The Kier molecular flexibility index (Phi) is 6.79. The predicted octanol–water partition coefficient (Wildman–Crippen LogP) is 4.84. The van der Waals surface area contributed by atoms with Crippen LogP contribution in [0.4, 0.5) is 15.0 Å². The van der Waals surface area contributed by atoms with Crippen LogP contribution < -0.4 is 4.90 Å². The summed E-state index contributed by atoms with van der Waals surface area (Å²) in [7, 11) is -4.05. The first-order valence-corrected chi connectivity index (χ1v) is 14.1. The van der Waals surface area contributed by atoms with Crippen LogP contribution in [0, 0.1) is 12.7 Å². The Morgan fingerprint density at radius 2 is 1.62 bits per heavy atom. The molecule has 2 aromatic carbocycles. The lowest BCUT2D eigenvalue weighted by atomic mass is 10.1. The summed E-state index contributed by atoms with van der Waals surface area (Å²) in [5.41, 5.74) is 1.07. The fraction of sp³-hybridized carbons (Fsp3) is 0.321. The summed E-state index contributed by atoms with van der Waals surface area (Å²) < 4.78 is 49.1. The van der Waals surface area contributed by atoms with Crippen LogP contribution in [-0.4, -0.2) is 65.1 Å². The van der Waals surface area contributed by atoms with Gasteiger partial charge in [-0.1, -0.05) is 35.9 Å². The lowest BCUT2D eigenvalue weighted by Gasteiger charge is -2.36. The zero-order valence-corrected chi connectivity index (χ0v) is 23.1. The fourth-order valence-corrected chi connectivity index (χ4v) is 5.89. The molecular formula is C28H30FN5O4S. The zero-order valence-electron chi connectivity index (χ0n) is 22.3. The number of fused-ring (bicyclic) bond motifs is 1. The van der Waals surface area contributed by atoms with Crippen LogP contribution in [0.15, 0.2) is 66.0 Å². The van der Waals surface area contributed by atoms with E-state index in [1.165, 1.54) is 30.7 Å². The second-order valence-corrected chi connectivity index (χ2v) is 12.3. The van der Waals surface area contributed by atoms with Crippen LogP contribution in [-0.2, 0) is 14.8 Å². The van der Waals surface area contributed by atoms with Crippen LogP contribution in [0.5, 0.6) is 0 Å². The number of hydrogen-bond donors (Lipinski definition) is 0. The van der Waals surface area contributed by atoms with E-state index in [1.807, 2.05) is 32.6 Å². The van der Waals surface area contributed by atoms with Gasteiger partial charge in [0, 0.05) is 43.5 Å². The van der Waals surface area contributed by atoms with Crippen LogP contribution in [0.1, 0.15) is 26.3 Å². The molecule has 1 saturated heterocycles. The first-order valence-electron chi connectivity index (χ1n) is 12.6. The van der Waals surface area contributed by atoms with Crippen molar-refractivity contribution < 1.29 is 22.3 Å². The van der Waals surface area contributed by atoms with E-state index in [4.69, 9.17) is 4.74 Å². The molecule has 0 spiro atoms. The average molecular weight is 552 g/mol. The van der Waals surface area contributed by atoms with Crippen molar-refractivity contribution in [2.24, 2.45) is 0 Å². The van der Waals surface area contributed by atoms with E-state index in [-0.39, 0.29) is 16.1 Å². The SMILES string of the molecule is Cc1ccc(S(=O)(=O)n2cc(-c3ccccc3F)c3c(N4CCN(C(=O)OC(C)(C)C)CC4)ncnc32)cc1. The molecule has 2 aromatic heterocycles. The van der Waals surface area contributed by atoms with E-state index < -0.39 is 27.5 Å². The molecule has 0 saturated carbocycles. The van der Waals surface area contributed by atoms with Gasteiger partial charge >= 0.3 is 6.09 Å². The Bertz CT molecular complexity index is 1640. The molecule has 1 aliphatic heterocycles. The monoisotopic (exact) mass is 551 g/mol. The number of piperazine rings is 1. The molecule has 0 radical (unpaired) electrons. The van der Waals surface area contributed by atoms with E-state index in [2.05, 4.69) is 9.97 Å². The molecule has 204 valence electrons. The van der Waals surface area contributed by atoms with E-state index in [1.54, 1.807) is 35.2 Å². The third-order valence-corrected chi connectivity index (χ3v) is 8.17. The van der Waals surface area contributed by atoms with Gasteiger partial charge in [0.15, 0.2) is 5.65 Å². The summed E-state index contributed by atoms with van der Waals surface area (Å²) in [5.74, 6) is -0.0196. The third kappa shape index (κ3) is 5.18. The van der Waals surface area contributed by atoms with Crippen LogP contribution >= 0.6 is 0 Å². The highest BCUT2D eigenvalue weighted by atomic mass is 32.2. The van der Waals surface area contributed by atoms with Gasteiger partial charge in [-0.05, 0) is 45.9 Å². The van der Waals surface area contributed by atoms with E-state index in [0.29, 0.717) is 42.9 Å². The molecule has 9 nitrogen and oxygen atoms in total. The highest BCUT2D eigenvalue weighted by molar-refractivity contribution is 7.90. The van der Waals surface area contributed by atoms with Crippen molar-refractivity contribution in [1.82, 2.24) is 18.8 Å². The number of amides is 1. The van der Waals surface area contributed by atoms with Gasteiger partial charge in [-0.15, -0.1) is 0 Å². The number of aromatic nitrogens is 3. The van der Waals surface area contributed by atoms with Crippen LogP contribution in [0.2, 0.25) is 0 Å².